The van der Waals surface area contributed by atoms with E-state index in [0.717, 1.165) is 0 Å². The van der Waals surface area contributed by atoms with Crippen molar-refractivity contribution in [2.24, 2.45) is 0 Å². The van der Waals surface area contributed by atoms with E-state index in [0.29, 0.717) is 5.82 Å². The maximum atomic E-state index is 10.5. The summed E-state index contributed by atoms with van der Waals surface area (Å²) in [6, 6.07) is 0. The summed E-state index contributed by atoms with van der Waals surface area (Å²) in [4.78, 5) is 20.4. The largest absolute Gasteiger partial charge is 0.478 e. The summed E-state index contributed by atoms with van der Waals surface area (Å²) in [5.74, 6) is -0.755. The lowest BCUT2D eigenvalue weighted by molar-refractivity contribution is -0.137. The minimum atomic E-state index is -1.06. The highest BCUT2D eigenvalue weighted by atomic mass is 16.4. The number of aryl methyl sites for hydroxylation is 1. The van der Waals surface area contributed by atoms with E-state index in [1.165, 1.54) is 4.57 Å². The first kappa shape index (κ1) is 9.75. The number of hydrogen-bond donors (Lipinski definition) is 1. The number of imidazole rings is 1. The molecule has 0 unspecified atom stereocenters. The molecule has 0 spiro atoms. The van der Waals surface area contributed by atoms with Gasteiger partial charge in [0, 0.05) is 6.92 Å². The van der Waals surface area contributed by atoms with E-state index in [4.69, 9.17) is 18.3 Å². The van der Waals surface area contributed by atoms with Crippen molar-refractivity contribution in [3.63, 3.8) is 0 Å². The minimum absolute atomic E-state index is 0.0140. The first-order valence-corrected chi connectivity index (χ1v) is 3.64. The number of aromatic nitrogens is 2. The Balaban J connectivity index is 3.30. The summed E-state index contributed by atoms with van der Waals surface area (Å²) >= 11 is 0. The van der Waals surface area contributed by atoms with E-state index < -0.39 is 5.97 Å². The summed E-state index contributed by atoms with van der Waals surface area (Å²) in [6.45, 7) is 14.8. The van der Waals surface area contributed by atoms with Gasteiger partial charge in [-0.3, -0.25) is 4.57 Å². The Kier molecular flexibility index (Phi) is 2.49. The molecule has 70 valence electrons. The SMILES string of the molecule is [C-]#[N+]c1nc(C)n(CC(=O)O)c1[N+]#[C-]. The predicted molar refractivity (Wildman–Crippen MR) is 47.1 cm³/mol. The van der Waals surface area contributed by atoms with Crippen LogP contribution in [0.1, 0.15) is 5.82 Å². The Bertz CT molecular complexity index is 461. The molecule has 14 heavy (non-hydrogen) atoms. The first-order valence-electron chi connectivity index (χ1n) is 3.64. The molecule has 1 heterocycles. The fourth-order valence-electron chi connectivity index (χ4n) is 1.05. The van der Waals surface area contributed by atoms with Crippen molar-refractivity contribution in [2.75, 3.05) is 0 Å². The van der Waals surface area contributed by atoms with Crippen LogP contribution in [0.2, 0.25) is 0 Å². The summed E-state index contributed by atoms with van der Waals surface area (Å²) in [7, 11) is 0. The van der Waals surface area contributed by atoms with Crippen LogP contribution in [0.4, 0.5) is 11.6 Å². The van der Waals surface area contributed by atoms with Crippen molar-refractivity contribution in [1.29, 1.82) is 0 Å². The average Bonchev–Trinajstić information content (AvgIpc) is 2.42. The van der Waals surface area contributed by atoms with Crippen LogP contribution in [0.15, 0.2) is 0 Å². The molecular weight excluding hydrogens is 184 g/mol. The van der Waals surface area contributed by atoms with Crippen LogP contribution in [0.5, 0.6) is 0 Å². The summed E-state index contributed by atoms with van der Waals surface area (Å²) < 4.78 is 1.21. The smallest absolute Gasteiger partial charge is 0.344 e. The molecule has 6 heteroatoms. The van der Waals surface area contributed by atoms with Crippen molar-refractivity contribution in [2.45, 2.75) is 13.5 Å². The van der Waals surface area contributed by atoms with Crippen LogP contribution in [0.3, 0.4) is 0 Å². The molecule has 1 N–H and O–H groups in total. The van der Waals surface area contributed by atoms with Crippen LogP contribution in [-0.4, -0.2) is 20.6 Å². The Labute approximate surface area is 80.1 Å². The van der Waals surface area contributed by atoms with Gasteiger partial charge >= 0.3 is 5.97 Å². The number of nitrogens with zero attached hydrogens (tertiary/aromatic N) is 4. The van der Waals surface area contributed by atoms with Crippen molar-refractivity contribution < 1.29 is 9.90 Å². The van der Waals surface area contributed by atoms with Gasteiger partial charge in [-0.2, -0.15) is 0 Å². The van der Waals surface area contributed by atoms with Crippen LogP contribution < -0.4 is 0 Å². The minimum Gasteiger partial charge on any atom is -0.478 e. The number of aliphatic carboxylic acids is 1. The molecule has 1 rings (SSSR count). The van der Waals surface area contributed by atoms with Crippen molar-refractivity contribution in [3.05, 3.63) is 28.7 Å². The maximum absolute atomic E-state index is 10.5. The quantitative estimate of drug-likeness (QED) is 0.716. The number of rotatable bonds is 2. The van der Waals surface area contributed by atoms with Gasteiger partial charge in [-0.15, -0.1) is 0 Å². The second-order valence-electron chi connectivity index (χ2n) is 2.51. The van der Waals surface area contributed by atoms with Crippen LogP contribution in [-0.2, 0) is 11.3 Å². The van der Waals surface area contributed by atoms with Crippen molar-refractivity contribution in [3.8, 4) is 0 Å². The highest BCUT2D eigenvalue weighted by molar-refractivity contribution is 5.70. The van der Waals surface area contributed by atoms with Crippen molar-refractivity contribution >= 4 is 17.6 Å². The lowest BCUT2D eigenvalue weighted by Gasteiger charge is -1.97. The number of hydrogen-bond acceptors (Lipinski definition) is 2. The van der Waals surface area contributed by atoms with Gasteiger partial charge in [0.2, 0.25) is 0 Å². The van der Waals surface area contributed by atoms with E-state index in [1.807, 2.05) is 0 Å². The number of carboxylic acids is 1. The summed E-state index contributed by atoms with van der Waals surface area (Å²) in [6.07, 6.45) is 0. The highest BCUT2D eigenvalue weighted by Crippen LogP contribution is 2.28. The van der Waals surface area contributed by atoms with Gasteiger partial charge in [0.05, 0.1) is 0 Å². The third-order valence-electron chi connectivity index (χ3n) is 1.62. The van der Waals surface area contributed by atoms with E-state index in [-0.39, 0.29) is 18.2 Å². The molecule has 0 amide bonds. The molecule has 0 saturated carbocycles. The first-order chi connectivity index (χ1) is 6.60. The van der Waals surface area contributed by atoms with Gasteiger partial charge in [0.15, 0.2) is 6.54 Å². The fraction of sp³-hybridized carbons (Fsp3) is 0.250. The molecule has 0 saturated heterocycles. The lowest BCUT2D eigenvalue weighted by Crippen LogP contribution is -2.09. The number of carbonyl (C=O) groups is 1. The molecule has 0 aliphatic carbocycles. The second-order valence-corrected chi connectivity index (χ2v) is 2.51. The summed E-state index contributed by atoms with van der Waals surface area (Å²) in [5.41, 5.74) is 0. The topological polar surface area (TPSA) is 63.8 Å². The van der Waals surface area contributed by atoms with Gasteiger partial charge in [-0.25, -0.2) is 4.79 Å². The Morgan fingerprint density at radius 1 is 1.57 bits per heavy atom. The molecule has 0 aliphatic heterocycles. The maximum Gasteiger partial charge on any atom is 0.344 e. The lowest BCUT2D eigenvalue weighted by atomic mass is 10.5. The van der Waals surface area contributed by atoms with Crippen molar-refractivity contribution in [1.82, 2.24) is 9.55 Å². The molecule has 0 atom stereocenters. The van der Waals surface area contributed by atoms with E-state index in [2.05, 4.69) is 14.7 Å². The third kappa shape index (κ3) is 1.54. The monoisotopic (exact) mass is 190 g/mol. The molecule has 1 aromatic heterocycles. The molecule has 6 nitrogen and oxygen atoms in total. The van der Waals surface area contributed by atoms with E-state index in [9.17, 15) is 4.79 Å². The zero-order valence-electron chi connectivity index (χ0n) is 7.35. The molecule has 0 radical (unpaired) electrons. The second kappa shape index (κ2) is 3.58. The van der Waals surface area contributed by atoms with Crippen LogP contribution >= 0.6 is 0 Å². The number of carboxylic acid groups (broad SMARTS) is 1. The van der Waals surface area contributed by atoms with Gasteiger partial charge in [0.25, 0.3) is 17.5 Å². The average molecular weight is 190 g/mol. The highest BCUT2D eigenvalue weighted by Gasteiger charge is 2.20. The third-order valence-corrected chi connectivity index (χ3v) is 1.62. The molecule has 0 aromatic carbocycles. The fourth-order valence-corrected chi connectivity index (χ4v) is 1.05. The normalized spacial score (nSPS) is 9.07. The predicted octanol–water partition coefficient (Wildman–Crippen LogP) is 1.38. The Morgan fingerprint density at radius 2 is 2.21 bits per heavy atom. The van der Waals surface area contributed by atoms with Crippen LogP contribution in [0.25, 0.3) is 9.69 Å². The standard InChI is InChI=1S/C8H6N4O2/c1-5-11-7(9-2)8(10-3)12(5)4-6(13)14/h4H2,1H3,(H,13,14). The molecule has 1 aromatic rings. The van der Waals surface area contributed by atoms with Gasteiger partial charge < -0.3 is 14.8 Å². The molecule has 0 aliphatic rings. The Hall–Kier alpha value is -2.34. The van der Waals surface area contributed by atoms with Gasteiger partial charge in [0.1, 0.15) is 0 Å². The molecule has 0 fully saturated rings. The summed E-state index contributed by atoms with van der Waals surface area (Å²) in [5, 5.41) is 8.56. The Morgan fingerprint density at radius 3 is 2.64 bits per heavy atom. The van der Waals surface area contributed by atoms with E-state index >= 15 is 0 Å². The molecule has 0 bridgehead atoms. The van der Waals surface area contributed by atoms with Crippen LogP contribution in [0, 0.1) is 20.1 Å². The zero-order chi connectivity index (χ0) is 10.7. The van der Waals surface area contributed by atoms with Gasteiger partial charge in [-0.1, -0.05) is 18.1 Å². The van der Waals surface area contributed by atoms with Gasteiger partial charge in [-0.05, 0) is 0 Å². The molecular formula is C8H6N4O2. The zero-order valence-corrected chi connectivity index (χ0v) is 7.35. The van der Waals surface area contributed by atoms with E-state index in [1.54, 1.807) is 6.92 Å².